The number of hydrogen-bond donors (Lipinski definition) is 1. The van der Waals surface area contributed by atoms with E-state index in [4.69, 9.17) is 11.6 Å². The van der Waals surface area contributed by atoms with E-state index in [9.17, 15) is 13.2 Å². The van der Waals surface area contributed by atoms with Gasteiger partial charge in [-0.3, -0.25) is 4.79 Å². The molecule has 0 bridgehead atoms. The monoisotopic (exact) mass is 329 g/mol. The second-order valence-corrected chi connectivity index (χ2v) is 7.63. The lowest BCUT2D eigenvalue weighted by atomic mass is 10.2. The first-order valence-electron chi connectivity index (χ1n) is 5.68. The Labute approximate surface area is 126 Å². The zero-order valence-electron chi connectivity index (χ0n) is 10.6. The number of hydrogen-bond acceptors (Lipinski definition) is 4. The molecule has 2 rings (SSSR count). The van der Waals surface area contributed by atoms with Gasteiger partial charge in [0.05, 0.1) is 22.0 Å². The number of halogens is 1. The van der Waals surface area contributed by atoms with Crippen molar-refractivity contribution in [2.75, 3.05) is 6.26 Å². The summed E-state index contributed by atoms with van der Waals surface area (Å²) in [5.74, 6) is -0.395. The molecule has 0 unspecified atom stereocenters. The third-order valence-electron chi connectivity index (χ3n) is 2.61. The van der Waals surface area contributed by atoms with Gasteiger partial charge in [0.25, 0.3) is 5.91 Å². The first-order chi connectivity index (χ1) is 9.38. The number of amides is 1. The van der Waals surface area contributed by atoms with E-state index in [1.54, 1.807) is 0 Å². The minimum atomic E-state index is -3.37. The molecule has 0 spiro atoms. The number of nitrogens with one attached hydrogen (secondary N) is 1. The Hall–Kier alpha value is -1.37. The maximum atomic E-state index is 12.1. The van der Waals surface area contributed by atoms with Crippen molar-refractivity contribution >= 4 is 38.7 Å². The van der Waals surface area contributed by atoms with Gasteiger partial charge in [-0.05, 0) is 29.6 Å². The third kappa shape index (κ3) is 3.59. The molecule has 0 saturated carbocycles. The molecule has 0 saturated heterocycles. The summed E-state index contributed by atoms with van der Waals surface area (Å²) in [5.41, 5.74) is 0.158. The van der Waals surface area contributed by atoms with E-state index in [1.165, 1.54) is 29.5 Å². The average molecular weight is 330 g/mol. The molecule has 0 atom stereocenters. The standard InChI is InChI=1S/C13H12ClNO3S2/c1-20(17,18)10-4-5-12(14)11(7-10)13(16)15-8-9-3-2-6-19-9/h2-7H,8H2,1H3,(H,15,16). The first kappa shape index (κ1) is 15.0. The van der Waals surface area contributed by atoms with Crippen LogP contribution in [0.2, 0.25) is 5.02 Å². The van der Waals surface area contributed by atoms with Crippen molar-refractivity contribution in [1.29, 1.82) is 0 Å². The maximum Gasteiger partial charge on any atom is 0.253 e. The fraction of sp³-hybridized carbons (Fsp3) is 0.154. The highest BCUT2D eigenvalue weighted by molar-refractivity contribution is 7.90. The normalized spacial score (nSPS) is 11.3. The van der Waals surface area contributed by atoms with Crippen molar-refractivity contribution < 1.29 is 13.2 Å². The van der Waals surface area contributed by atoms with E-state index in [2.05, 4.69) is 5.32 Å². The van der Waals surface area contributed by atoms with Crippen LogP contribution in [0.15, 0.2) is 40.6 Å². The van der Waals surface area contributed by atoms with Gasteiger partial charge in [-0.2, -0.15) is 0 Å². The van der Waals surface area contributed by atoms with E-state index < -0.39 is 15.7 Å². The van der Waals surface area contributed by atoms with Gasteiger partial charge >= 0.3 is 0 Å². The van der Waals surface area contributed by atoms with Crippen molar-refractivity contribution in [1.82, 2.24) is 5.32 Å². The van der Waals surface area contributed by atoms with Crippen LogP contribution in [-0.2, 0) is 16.4 Å². The molecule has 106 valence electrons. The number of rotatable bonds is 4. The van der Waals surface area contributed by atoms with E-state index >= 15 is 0 Å². The van der Waals surface area contributed by atoms with Crippen LogP contribution in [-0.4, -0.2) is 20.6 Å². The molecule has 1 amide bonds. The first-order valence-corrected chi connectivity index (χ1v) is 8.83. The van der Waals surface area contributed by atoms with Crippen LogP contribution in [0, 0.1) is 0 Å². The fourth-order valence-electron chi connectivity index (χ4n) is 1.58. The minimum Gasteiger partial charge on any atom is -0.347 e. The molecule has 1 aromatic carbocycles. The highest BCUT2D eigenvalue weighted by Crippen LogP contribution is 2.20. The maximum absolute atomic E-state index is 12.1. The summed E-state index contributed by atoms with van der Waals surface area (Å²) in [7, 11) is -3.37. The second-order valence-electron chi connectivity index (χ2n) is 4.18. The molecule has 1 N–H and O–H groups in total. The summed E-state index contributed by atoms with van der Waals surface area (Å²) < 4.78 is 23.0. The molecule has 1 heterocycles. The van der Waals surface area contributed by atoms with Gasteiger partial charge in [-0.15, -0.1) is 11.3 Å². The van der Waals surface area contributed by atoms with Crippen molar-refractivity contribution in [3.8, 4) is 0 Å². The highest BCUT2D eigenvalue weighted by atomic mass is 35.5. The van der Waals surface area contributed by atoms with Gasteiger partial charge in [0.15, 0.2) is 9.84 Å². The Bertz CT molecular complexity index is 724. The summed E-state index contributed by atoms with van der Waals surface area (Å²) in [6.45, 7) is 0.385. The topological polar surface area (TPSA) is 63.2 Å². The van der Waals surface area contributed by atoms with E-state index in [0.717, 1.165) is 11.1 Å². The average Bonchev–Trinajstić information content (AvgIpc) is 2.88. The molecule has 7 heteroatoms. The Morgan fingerprint density at radius 2 is 2.10 bits per heavy atom. The van der Waals surface area contributed by atoms with Crippen LogP contribution < -0.4 is 5.32 Å². The molecule has 4 nitrogen and oxygen atoms in total. The van der Waals surface area contributed by atoms with Crippen molar-refractivity contribution in [3.63, 3.8) is 0 Å². The summed E-state index contributed by atoms with van der Waals surface area (Å²) in [6.07, 6.45) is 1.09. The zero-order chi connectivity index (χ0) is 14.8. The van der Waals surface area contributed by atoms with Crippen molar-refractivity contribution in [2.45, 2.75) is 11.4 Å². The summed E-state index contributed by atoms with van der Waals surface area (Å²) in [5, 5.41) is 4.85. The Kier molecular flexibility index (Phi) is 4.47. The lowest BCUT2D eigenvalue weighted by Crippen LogP contribution is -2.23. The van der Waals surface area contributed by atoms with Gasteiger partial charge in [0.1, 0.15) is 0 Å². The molecular formula is C13H12ClNO3S2. The smallest absolute Gasteiger partial charge is 0.253 e. The number of benzene rings is 1. The number of carbonyl (C=O) groups excluding carboxylic acids is 1. The zero-order valence-corrected chi connectivity index (χ0v) is 13.0. The summed E-state index contributed by atoms with van der Waals surface area (Å²) >= 11 is 7.48. The molecular weight excluding hydrogens is 318 g/mol. The number of sulfone groups is 1. The Morgan fingerprint density at radius 1 is 1.35 bits per heavy atom. The molecule has 0 aliphatic carbocycles. The Morgan fingerprint density at radius 3 is 2.70 bits per heavy atom. The Balaban J connectivity index is 2.21. The molecule has 0 radical (unpaired) electrons. The van der Waals surface area contributed by atoms with Gasteiger partial charge in [-0.1, -0.05) is 17.7 Å². The predicted molar refractivity (Wildman–Crippen MR) is 80.1 cm³/mol. The van der Waals surface area contributed by atoms with Crippen LogP contribution in [0.25, 0.3) is 0 Å². The van der Waals surface area contributed by atoms with Gasteiger partial charge in [-0.25, -0.2) is 8.42 Å². The number of thiophene rings is 1. The highest BCUT2D eigenvalue weighted by Gasteiger charge is 2.15. The van der Waals surface area contributed by atoms with E-state index in [1.807, 2.05) is 17.5 Å². The third-order valence-corrected chi connectivity index (χ3v) is 4.93. The van der Waals surface area contributed by atoms with Crippen LogP contribution in [0.3, 0.4) is 0 Å². The van der Waals surface area contributed by atoms with Gasteiger partial charge < -0.3 is 5.32 Å². The second kappa shape index (κ2) is 5.95. The molecule has 0 fully saturated rings. The van der Waals surface area contributed by atoms with Crippen molar-refractivity contribution in [3.05, 3.63) is 51.2 Å². The quantitative estimate of drug-likeness (QED) is 0.938. The number of carbonyl (C=O) groups is 1. The summed E-state index contributed by atoms with van der Waals surface area (Å²) in [4.78, 5) is 13.1. The fourth-order valence-corrected chi connectivity index (χ4v) is 3.08. The SMILES string of the molecule is CS(=O)(=O)c1ccc(Cl)c(C(=O)NCc2cccs2)c1. The lowest BCUT2D eigenvalue weighted by molar-refractivity contribution is 0.0951. The summed E-state index contributed by atoms with van der Waals surface area (Å²) in [6, 6.07) is 7.88. The molecule has 20 heavy (non-hydrogen) atoms. The molecule has 2 aromatic rings. The van der Waals surface area contributed by atoms with Gasteiger partial charge in [0.2, 0.25) is 0 Å². The van der Waals surface area contributed by atoms with Gasteiger partial charge in [0, 0.05) is 11.1 Å². The van der Waals surface area contributed by atoms with Crippen LogP contribution >= 0.6 is 22.9 Å². The molecule has 0 aliphatic heterocycles. The van der Waals surface area contributed by atoms with Crippen LogP contribution in [0.4, 0.5) is 0 Å². The van der Waals surface area contributed by atoms with Crippen LogP contribution in [0.5, 0.6) is 0 Å². The molecule has 1 aromatic heterocycles. The van der Waals surface area contributed by atoms with E-state index in [0.29, 0.717) is 6.54 Å². The molecule has 0 aliphatic rings. The van der Waals surface area contributed by atoms with E-state index in [-0.39, 0.29) is 15.5 Å². The predicted octanol–water partition coefficient (Wildman–Crippen LogP) is 2.74. The van der Waals surface area contributed by atoms with Crippen LogP contribution in [0.1, 0.15) is 15.2 Å². The largest absolute Gasteiger partial charge is 0.347 e. The lowest BCUT2D eigenvalue weighted by Gasteiger charge is -2.07. The minimum absolute atomic E-state index is 0.0724. The van der Waals surface area contributed by atoms with Crippen molar-refractivity contribution in [2.24, 2.45) is 0 Å².